The number of rotatable bonds is 6. The highest BCUT2D eigenvalue weighted by atomic mass is 32.1. The van der Waals surface area contributed by atoms with Crippen molar-refractivity contribution >= 4 is 27.7 Å². The van der Waals surface area contributed by atoms with Crippen LogP contribution in [-0.4, -0.2) is 39.0 Å². The van der Waals surface area contributed by atoms with E-state index in [0.29, 0.717) is 30.2 Å². The average molecular weight is 488 g/mol. The number of aromatic nitrogens is 2. The molecule has 3 heterocycles. The minimum atomic E-state index is -0.766. The molecule has 1 saturated heterocycles. The minimum absolute atomic E-state index is 0.0665. The summed E-state index contributed by atoms with van der Waals surface area (Å²) in [6.45, 7) is 1.57. The summed E-state index contributed by atoms with van der Waals surface area (Å²) < 4.78 is 15.1. The van der Waals surface area contributed by atoms with E-state index in [9.17, 15) is 4.79 Å². The van der Waals surface area contributed by atoms with Crippen molar-refractivity contribution in [1.82, 2.24) is 14.9 Å². The van der Waals surface area contributed by atoms with E-state index >= 15 is 4.39 Å². The number of nitrogens with zero attached hydrogens (tertiary/aromatic N) is 3. The fourth-order valence-electron chi connectivity index (χ4n) is 5.57. The Kier molecular flexibility index (Phi) is 5.61. The van der Waals surface area contributed by atoms with Gasteiger partial charge in [0.1, 0.15) is 21.2 Å². The van der Waals surface area contributed by atoms with Crippen LogP contribution in [0.25, 0.3) is 20.9 Å². The smallest absolute Gasteiger partial charge is 0.309 e. The van der Waals surface area contributed by atoms with Crippen molar-refractivity contribution in [2.45, 2.75) is 37.6 Å². The van der Waals surface area contributed by atoms with Gasteiger partial charge in [0.05, 0.1) is 11.6 Å². The van der Waals surface area contributed by atoms with Crippen LogP contribution in [0.3, 0.4) is 0 Å². The zero-order chi connectivity index (χ0) is 24.0. The molecule has 0 atom stereocenters. The van der Waals surface area contributed by atoms with E-state index in [2.05, 4.69) is 36.4 Å². The van der Waals surface area contributed by atoms with Crippen LogP contribution < -0.4 is 0 Å². The molecule has 1 saturated carbocycles. The van der Waals surface area contributed by atoms with Gasteiger partial charge in [0, 0.05) is 30.6 Å². The van der Waals surface area contributed by atoms with Crippen molar-refractivity contribution in [3.8, 4) is 10.6 Å². The minimum Gasteiger partial charge on any atom is -0.481 e. The number of benzene rings is 2. The molecule has 0 spiro atoms. The van der Waals surface area contributed by atoms with Crippen LogP contribution in [0.4, 0.5) is 4.39 Å². The van der Waals surface area contributed by atoms with E-state index in [1.54, 1.807) is 6.07 Å². The SMILES string of the molecule is O=C(O)C1CN(Cc2ccc(-c3nc4ccc(C5(c6ccccc6)CCCC5)nc4s3)c(F)c2)C1. The van der Waals surface area contributed by atoms with Gasteiger partial charge in [-0.25, -0.2) is 14.4 Å². The topological polar surface area (TPSA) is 66.3 Å². The van der Waals surface area contributed by atoms with Gasteiger partial charge in [-0.15, -0.1) is 0 Å². The molecule has 2 aliphatic rings. The summed E-state index contributed by atoms with van der Waals surface area (Å²) in [5, 5.41) is 9.67. The van der Waals surface area contributed by atoms with Crippen molar-refractivity contribution in [2.24, 2.45) is 5.92 Å². The third-order valence-electron chi connectivity index (χ3n) is 7.51. The lowest BCUT2D eigenvalue weighted by molar-refractivity contribution is -0.147. The van der Waals surface area contributed by atoms with Crippen molar-refractivity contribution < 1.29 is 14.3 Å². The van der Waals surface area contributed by atoms with Crippen molar-refractivity contribution in [3.05, 3.63) is 83.3 Å². The van der Waals surface area contributed by atoms with Crippen LogP contribution in [-0.2, 0) is 16.8 Å². The molecule has 1 aliphatic carbocycles. The molecule has 2 aromatic heterocycles. The Morgan fingerprint density at radius 1 is 1.06 bits per heavy atom. The molecule has 5 nitrogen and oxygen atoms in total. The van der Waals surface area contributed by atoms with Crippen LogP contribution in [0.5, 0.6) is 0 Å². The van der Waals surface area contributed by atoms with Gasteiger partial charge in [-0.2, -0.15) is 0 Å². The lowest BCUT2D eigenvalue weighted by Gasteiger charge is -2.36. The number of carboxylic acid groups (broad SMARTS) is 1. The van der Waals surface area contributed by atoms with Gasteiger partial charge in [-0.3, -0.25) is 9.69 Å². The van der Waals surface area contributed by atoms with Gasteiger partial charge in [-0.1, -0.05) is 60.6 Å². The number of halogens is 1. The van der Waals surface area contributed by atoms with Crippen LogP contribution in [0, 0.1) is 11.7 Å². The summed E-state index contributed by atoms with van der Waals surface area (Å²) in [7, 11) is 0. The van der Waals surface area contributed by atoms with Crippen LogP contribution in [0.2, 0.25) is 0 Å². The quantitative estimate of drug-likeness (QED) is 0.368. The molecule has 0 bridgehead atoms. The van der Waals surface area contributed by atoms with Crippen LogP contribution >= 0.6 is 11.3 Å². The monoisotopic (exact) mass is 487 g/mol. The van der Waals surface area contributed by atoms with E-state index in [0.717, 1.165) is 34.4 Å². The highest BCUT2D eigenvalue weighted by Gasteiger charge is 2.39. The molecule has 0 radical (unpaired) electrons. The largest absolute Gasteiger partial charge is 0.481 e. The van der Waals surface area contributed by atoms with Crippen molar-refractivity contribution in [3.63, 3.8) is 0 Å². The number of likely N-dealkylation sites (tertiary alicyclic amines) is 1. The fourth-order valence-corrected chi connectivity index (χ4v) is 6.54. The Morgan fingerprint density at radius 3 is 2.54 bits per heavy atom. The number of hydrogen-bond acceptors (Lipinski definition) is 5. The highest BCUT2D eigenvalue weighted by molar-refractivity contribution is 7.21. The second kappa shape index (κ2) is 8.81. The summed E-state index contributed by atoms with van der Waals surface area (Å²) in [5.74, 6) is -1.39. The maximum absolute atomic E-state index is 15.1. The molecule has 1 N–H and O–H groups in total. The number of carboxylic acids is 1. The Labute approximate surface area is 207 Å². The van der Waals surface area contributed by atoms with Crippen LogP contribution in [0.15, 0.2) is 60.7 Å². The zero-order valence-electron chi connectivity index (χ0n) is 19.3. The molecule has 178 valence electrons. The molecule has 2 aromatic carbocycles. The number of carbonyl (C=O) groups is 1. The van der Waals surface area contributed by atoms with Crippen molar-refractivity contribution in [2.75, 3.05) is 13.1 Å². The first-order valence-electron chi connectivity index (χ1n) is 12.1. The molecule has 6 rings (SSSR count). The van der Waals surface area contributed by atoms with Gasteiger partial charge in [0.2, 0.25) is 0 Å². The Balaban J connectivity index is 1.27. The molecule has 0 amide bonds. The molecule has 35 heavy (non-hydrogen) atoms. The average Bonchev–Trinajstić information content (AvgIpc) is 3.49. The molecular formula is C28H26FN3O2S. The van der Waals surface area contributed by atoms with Gasteiger partial charge in [0.25, 0.3) is 0 Å². The maximum atomic E-state index is 15.1. The lowest BCUT2D eigenvalue weighted by atomic mass is 9.76. The zero-order valence-corrected chi connectivity index (χ0v) is 20.1. The normalized spacial score (nSPS) is 18.1. The van der Waals surface area contributed by atoms with Gasteiger partial charge < -0.3 is 5.11 Å². The number of pyridine rings is 1. The van der Waals surface area contributed by atoms with E-state index in [4.69, 9.17) is 15.1 Å². The number of aliphatic carboxylic acids is 1. The molecule has 7 heteroatoms. The van der Waals surface area contributed by atoms with E-state index in [1.807, 2.05) is 17.0 Å². The summed E-state index contributed by atoms with van der Waals surface area (Å²) in [6, 6.07) is 20.0. The van der Waals surface area contributed by atoms with E-state index in [-0.39, 0.29) is 17.2 Å². The first-order chi connectivity index (χ1) is 17.0. The second-order valence-corrected chi connectivity index (χ2v) is 10.7. The highest BCUT2D eigenvalue weighted by Crippen LogP contribution is 2.46. The summed E-state index contributed by atoms with van der Waals surface area (Å²) >= 11 is 1.43. The summed E-state index contributed by atoms with van der Waals surface area (Å²) in [5.41, 5.74) is 4.43. The molecule has 0 unspecified atom stereocenters. The molecular weight excluding hydrogens is 461 g/mol. The van der Waals surface area contributed by atoms with Gasteiger partial charge >= 0.3 is 5.97 Å². The Bertz CT molecular complexity index is 1390. The van der Waals surface area contributed by atoms with Gasteiger partial charge in [-0.05, 0) is 48.2 Å². The van der Waals surface area contributed by atoms with Gasteiger partial charge in [0.15, 0.2) is 0 Å². The number of hydrogen-bond donors (Lipinski definition) is 1. The first-order valence-corrected chi connectivity index (χ1v) is 12.9. The van der Waals surface area contributed by atoms with Crippen LogP contribution in [0.1, 0.15) is 42.5 Å². The Morgan fingerprint density at radius 2 is 1.83 bits per heavy atom. The maximum Gasteiger partial charge on any atom is 0.309 e. The first kappa shape index (κ1) is 22.3. The predicted molar refractivity (Wildman–Crippen MR) is 135 cm³/mol. The second-order valence-electron chi connectivity index (χ2n) is 9.74. The third-order valence-corrected chi connectivity index (χ3v) is 8.50. The van der Waals surface area contributed by atoms with E-state index < -0.39 is 5.97 Å². The standard InChI is InChI=1S/C28H26FN3O2S/c29-22-14-18(15-32-16-19(17-32)27(33)34)8-9-21(22)25-30-23-10-11-24(31-26(23)35-25)28(12-4-5-13-28)20-6-2-1-3-7-20/h1-3,6-11,14,19H,4-5,12-13,15-17H2,(H,33,34). The fraction of sp³-hybridized carbons (Fsp3) is 0.321. The van der Waals surface area contributed by atoms with Crippen molar-refractivity contribution in [1.29, 1.82) is 0 Å². The summed E-state index contributed by atoms with van der Waals surface area (Å²) in [6.07, 6.45) is 4.55. The number of thiazole rings is 1. The Hall–Kier alpha value is -3.16. The molecule has 2 fully saturated rings. The molecule has 1 aliphatic heterocycles. The van der Waals surface area contributed by atoms with E-state index in [1.165, 1.54) is 35.8 Å². The summed E-state index contributed by atoms with van der Waals surface area (Å²) in [4.78, 5) is 23.6. The molecule has 4 aromatic rings. The lowest BCUT2D eigenvalue weighted by Crippen LogP contribution is -2.49. The third kappa shape index (κ3) is 4.02. The number of fused-ring (bicyclic) bond motifs is 1. The predicted octanol–water partition coefficient (Wildman–Crippen LogP) is 5.87.